The van der Waals surface area contributed by atoms with Crippen LogP contribution in [0.5, 0.6) is 5.88 Å². The summed E-state index contributed by atoms with van der Waals surface area (Å²) < 4.78 is 64.1. The zero-order valence-electron chi connectivity index (χ0n) is 8.62. The van der Waals surface area contributed by atoms with Crippen LogP contribution in [0.3, 0.4) is 0 Å². The maximum atomic E-state index is 12.1. The second kappa shape index (κ2) is 5.19. The summed E-state index contributed by atoms with van der Waals surface area (Å²) in [6.45, 7) is -2.73. The van der Waals surface area contributed by atoms with Gasteiger partial charge in [-0.2, -0.15) is 13.2 Å². The molecule has 0 amide bonds. The number of aromatic carboxylic acids is 1. The standard InChI is InChI=1S/C8H7F5N2O3/c9-5(10)2-15-4(7(16)17)1-6(14-15)18-3-8(11,12)13/h1,5H,2-3H2,(H,16,17). The third kappa shape index (κ3) is 4.18. The van der Waals surface area contributed by atoms with Crippen molar-refractivity contribution in [2.24, 2.45) is 0 Å². The topological polar surface area (TPSA) is 64.3 Å². The molecule has 102 valence electrons. The molecule has 0 spiro atoms. The Kier molecular flexibility index (Phi) is 4.09. The molecule has 18 heavy (non-hydrogen) atoms. The molecule has 0 aliphatic heterocycles. The van der Waals surface area contributed by atoms with Crippen molar-refractivity contribution < 1.29 is 36.6 Å². The number of ether oxygens (including phenoxy) is 1. The maximum absolute atomic E-state index is 12.1. The van der Waals surface area contributed by atoms with Gasteiger partial charge in [0.25, 0.3) is 6.43 Å². The van der Waals surface area contributed by atoms with Crippen molar-refractivity contribution in [3.05, 3.63) is 11.8 Å². The summed E-state index contributed by atoms with van der Waals surface area (Å²) in [6.07, 6.45) is -7.52. The van der Waals surface area contributed by atoms with Gasteiger partial charge in [-0.15, -0.1) is 5.10 Å². The lowest BCUT2D eigenvalue weighted by atomic mass is 10.4. The minimum atomic E-state index is -4.63. The first-order chi connectivity index (χ1) is 8.19. The zero-order chi connectivity index (χ0) is 13.9. The Hall–Kier alpha value is -1.87. The fourth-order valence-corrected chi connectivity index (χ4v) is 1.06. The number of hydrogen-bond donors (Lipinski definition) is 1. The third-order valence-electron chi connectivity index (χ3n) is 1.67. The van der Waals surface area contributed by atoms with E-state index >= 15 is 0 Å². The Balaban J connectivity index is 2.85. The van der Waals surface area contributed by atoms with Crippen molar-refractivity contribution in [2.45, 2.75) is 19.1 Å². The van der Waals surface area contributed by atoms with E-state index in [0.717, 1.165) is 0 Å². The van der Waals surface area contributed by atoms with E-state index in [9.17, 15) is 26.7 Å². The molecule has 1 aromatic heterocycles. The molecule has 0 unspecified atom stereocenters. The second-order valence-corrected chi connectivity index (χ2v) is 3.15. The van der Waals surface area contributed by atoms with Gasteiger partial charge in [-0.3, -0.25) is 0 Å². The predicted octanol–water partition coefficient (Wildman–Crippen LogP) is 1.79. The lowest BCUT2D eigenvalue weighted by Gasteiger charge is -2.06. The van der Waals surface area contributed by atoms with E-state index in [1.807, 2.05) is 0 Å². The highest BCUT2D eigenvalue weighted by Crippen LogP contribution is 2.19. The fraction of sp³-hybridized carbons (Fsp3) is 0.500. The van der Waals surface area contributed by atoms with Gasteiger partial charge in [0.05, 0.1) is 0 Å². The van der Waals surface area contributed by atoms with Crippen molar-refractivity contribution in [3.63, 3.8) is 0 Å². The SMILES string of the molecule is O=C(O)c1cc(OCC(F)(F)F)nn1CC(F)F. The van der Waals surface area contributed by atoms with Gasteiger partial charge in [0.15, 0.2) is 6.61 Å². The molecule has 0 aliphatic rings. The first kappa shape index (κ1) is 14.2. The Bertz CT molecular complexity index is 429. The van der Waals surface area contributed by atoms with E-state index in [2.05, 4.69) is 9.84 Å². The van der Waals surface area contributed by atoms with E-state index in [0.29, 0.717) is 10.7 Å². The number of carboxylic acids is 1. The fourth-order valence-electron chi connectivity index (χ4n) is 1.06. The van der Waals surface area contributed by atoms with Crippen LogP contribution in [-0.2, 0) is 6.54 Å². The molecule has 0 saturated carbocycles. The van der Waals surface area contributed by atoms with Crippen molar-refractivity contribution in [1.82, 2.24) is 9.78 Å². The molecule has 1 rings (SSSR count). The van der Waals surface area contributed by atoms with Gasteiger partial charge in [-0.25, -0.2) is 18.3 Å². The molecule has 0 saturated heterocycles. The molecule has 0 fully saturated rings. The van der Waals surface area contributed by atoms with Gasteiger partial charge in [0, 0.05) is 6.07 Å². The van der Waals surface area contributed by atoms with Gasteiger partial charge in [0.2, 0.25) is 5.88 Å². The van der Waals surface area contributed by atoms with E-state index in [-0.39, 0.29) is 0 Å². The van der Waals surface area contributed by atoms with Crippen LogP contribution in [0.1, 0.15) is 10.5 Å². The summed E-state index contributed by atoms with van der Waals surface area (Å²) in [5, 5.41) is 11.8. The summed E-state index contributed by atoms with van der Waals surface area (Å²) in [7, 11) is 0. The summed E-state index contributed by atoms with van der Waals surface area (Å²) in [5.41, 5.74) is -0.674. The average molecular weight is 274 g/mol. The molecule has 0 radical (unpaired) electrons. The summed E-state index contributed by atoms with van der Waals surface area (Å²) in [4.78, 5) is 10.6. The van der Waals surface area contributed by atoms with Crippen molar-refractivity contribution in [3.8, 4) is 5.88 Å². The number of alkyl halides is 5. The van der Waals surface area contributed by atoms with Crippen molar-refractivity contribution in [1.29, 1.82) is 0 Å². The van der Waals surface area contributed by atoms with Gasteiger partial charge in [-0.1, -0.05) is 0 Å². The van der Waals surface area contributed by atoms with E-state index < -0.39 is 43.3 Å². The van der Waals surface area contributed by atoms with Crippen molar-refractivity contribution >= 4 is 5.97 Å². The number of hydrogen-bond acceptors (Lipinski definition) is 3. The van der Waals surface area contributed by atoms with Crippen LogP contribution >= 0.6 is 0 Å². The smallest absolute Gasteiger partial charge is 0.422 e. The highest BCUT2D eigenvalue weighted by molar-refractivity contribution is 5.86. The molecular formula is C8H7F5N2O3. The summed E-state index contributed by atoms with van der Waals surface area (Å²) >= 11 is 0. The van der Waals surface area contributed by atoms with Crippen LogP contribution in [-0.4, -0.2) is 40.1 Å². The Labute approximate surface area is 96.8 Å². The van der Waals surface area contributed by atoms with Gasteiger partial charge in [0.1, 0.15) is 12.2 Å². The Morgan fingerprint density at radius 1 is 1.50 bits per heavy atom. The highest BCUT2D eigenvalue weighted by Gasteiger charge is 2.29. The normalized spacial score (nSPS) is 11.9. The Morgan fingerprint density at radius 2 is 2.11 bits per heavy atom. The molecule has 0 atom stereocenters. The largest absolute Gasteiger partial charge is 0.477 e. The number of carbonyl (C=O) groups is 1. The van der Waals surface area contributed by atoms with E-state index in [4.69, 9.17) is 5.11 Å². The monoisotopic (exact) mass is 274 g/mol. The molecule has 0 bridgehead atoms. The van der Waals surface area contributed by atoms with Crippen LogP contribution < -0.4 is 4.74 Å². The minimum absolute atomic E-state index is 0.374. The highest BCUT2D eigenvalue weighted by atomic mass is 19.4. The lowest BCUT2D eigenvalue weighted by molar-refractivity contribution is -0.154. The summed E-state index contributed by atoms with van der Waals surface area (Å²) in [6, 6.07) is 0.649. The molecule has 1 aromatic rings. The minimum Gasteiger partial charge on any atom is -0.477 e. The lowest BCUT2D eigenvalue weighted by Crippen LogP contribution is -2.19. The molecular weight excluding hydrogens is 267 g/mol. The van der Waals surface area contributed by atoms with Crippen LogP contribution in [0.2, 0.25) is 0 Å². The van der Waals surface area contributed by atoms with Crippen LogP contribution in [0.25, 0.3) is 0 Å². The quantitative estimate of drug-likeness (QED) is 0.831. The van der Waals surface area contributed by atoms with Gasteiger partial charge < -0.3 is 9.84 Å². The number of rotatable bonds is 5. The zero-order valence-corrected chi connectivity index (χ0v) is 8.62. The van der Waals surface area contributed by atoms with Gasteiger partial charge in [-0.05, 0) is 0 Å². The molecule has 1 heterocycles. The molecule has 10 heteroatoms. The number of carboxylic acid groups (broad SMARTS) is 1. The predicted molar refractivity (Wildman–Crippen MR) is 46.7 cm³/mol. The van der Waals surface area contributed by atoms with E-state index in [1.165, 1.54) is 0 Å². The number of halogens is 5. The first-order valence-corrected chi connectivity index (χ1v) is 4.48. The second-order valence-electron chi connectivity index (χ2n) is 3.15. The van der Waals surface area contributed by atoms with Crippen molar-refractivity contribution in [2.75, 3.05) is 6.61 Å². The first-order valence-electron chi connectivity index (χ1n) is 4.48. The third-order valence-corrected chi connectivity index (χ3v) is 1.67. The van der Waals surface area contributed by atoms with E-state index in [1.54, 1.807) is 0 Å². The Morgan fingerprint density at radius 3 is 2.56 bits per heavy atom. The summed E-state index contributed by atoms with van der Waals surface area (Å²) in [5.74, 6) is -2.27. The number of nitrogens with zero attached hydrogens (tertiary/aromatic N) is 2. The van der Waals surface area contributed by atoms with Gasteiger partial charge >= 0.3 is 12.1 Å². The molecule has 0 aliphatic carbocycles. The van der Waals surface area contributed by atoms with Crippen LogP contribution in [0, 0.1) is 0 Å². The maximum Gasteiger partial charge on any atom is 0.422 e. The van der Waals surface area contributed by atoms with Crippen LogP contribution in [0.4, 0.5) is 22.0 Å². The molecule has 0 aromatic carbocycles. The number of aromatic nitrogens is 2. The molecule has 1 N–H and O–H groups in total. The molecule has 5 nitrogen and oxygen atoms in total. The average Bonchev–Trinajstić information content (AvgIpc) is 2.56. The van der Waals surface area contributed by atoms with Crippen LogP contribution in [0.15, 0.2) is 6.07 Å².